The van der Waals surface area contributed by atoms with Crippen molar-refractivity contribution in [1.82, 2.24) is 34.7 Å². The van der Waals surface area contributed by atoms with Crippen molar-refractivity contribution in [3.8, 4) is 11.5 Å². The van der Waals surface area contributed by atoms with Gasteiger partial charge in [0.05, 0.1) is 52.9 Å². The zero-order valence-electron chi connectivity index (χ0n) is 19.8. The molecule has 0 spiro atoms. The Morgan fingerprint density at radius 1 is 1.00 bits per heavy atom. The average Bonchev–Trinajstić information content (AvgIpc) is 3.55. The lowest BCUT2D eigenvalue weighted by atomic mass is 10.1. The van der Waals surface area contributed by atoms with Gasteiger partial charge in [-0.05, 0) is 19.1 Å². The Labute approximate surface area is 213 Å². The smallest absolute Gasteiger partial charge is 0.320 e. The molecule has 4 aromatic heterocycles. The topological polar surface area (TPSA) is 103 Å². The predicted octanol–water partition coefficient (Wildman–Crippen LogP) is 5.66. The zero-order chi connectivity index (χ0) is 26.7. The van der Waals surface area contributed by atoms with Crippen molar-refractivity contribution in [2.45, 2.75) is 26.9 Å². The highest BCUT2D eigenvalue weighted by molar-refractivity contribution is 6.32. The number of pyridine rings is 2. The number of anilines is 1. The molecule has 1 N–H and O–H groups in total. The van der Waals surface area contributed by atoms with Gasteiger partial charge in [0.15, 0.2) is 11.5 Å². The molecular formula is C24H20ClF3N8O. The Morgan fingerprint density at radius 2 is 1.73 bits per heavy atom. The lowest BCUT2D eigenvalue weighted by Crippen LogP contribution is -2.21. The SMILES string of the molecule is CC.Cc1ccc2cncc(-n3ncc(C(=O)Nc4cnc(-n5nccn5)c(Cl)c4)c3C(F)(F)F)c2c1. The number of benzene rings is 1. The maximum Gasteiger partial charge on any atom is 0.434 e. The summed E-state index contributed by atoms with van der Waals surface area (Å²) in [4.78, 5) is 22.2. The molecular weight excluding hydrogens is 509 g/mol. The highest BCUT2D eigenvalue weighted by atomic mass is 35.5. The van der Waals surface area contributed by atoms with Crippen molar-refractivity contribution >= 4 is 34.0 Å². The number of rotatable bonds is 4. The molecule has 0 saturated carbocycles. The van der Waals surface area contributed by atoms with Gasteiger partial charge in [-0.25, -0.2) is 9.67 Å². The number of hydrogen-bond acceptors (Lipinski definition) is 6. The van der Waals surface area contributed by atoms with Gasteiger partial charge >= 0.3 is 6.18 Å². The van der Waals surface area contributed by atoms with E-state index < -0.39 is 23.3 Å². The van der Waals surface area contributed by atoms with Crippen molar-refractivity contribution in [2.75, 3.05) is 5.32 Å². The Morgan fingerprint density at radius 3 is 2.41 bits per heavy atom. The normalized spacial score (nSPS) is 11.2. The van der Waals surface area contributed by atoms with Gasteiger partial charge in [-0.2, -0.15) is 28.5 Å². The van der Waals surface area contributed by atoms with Crippen molar-refractivity contribution in [1.29, 1.82) is 0 Å². The first kappa shape index (κ1) is 25.8. The first-order valence-corrected chi connectivity index (χ1v) is 11.4. The molecule has 0 atom stereocenters. The Bertz CT molecular complexity index is 1560. The van der Waals surface area contributed by atoms with Crippen LogP contribution >= 0.6 is 11.6 Å². The minimum absolute atomic E-state index is 0.0826. The molecule has 37 heavy (non-hydrogen) atoms. The second-order valence-electron chi connectivity index (χ2n) is 7.50. The molecule has 0 aliphatic carbocycles. The van der Waals surface area contributed by atoms with Crippen LogP contribution in [0.1, 0.15) is 35.5 Å². The molecule has 5 aromatic rings. The van der Waals surface area contributed by atoms with Crippen LogP contribution in [0, 0.1) is 6.92 Å². The number of aromatic nitrogens is 7. The van der Waals surface area contributed by atoms with E-state index in [0.717, 1.165) is 11.8 Å². The summed E-state index contributed by atoms with van der Waals surface area (Å²) in [5, 5.41) is 15.3. The standard InChI is InChI=1S/C22H14ClF3N8O.C2H6/c1-12-2-3-13-8-27-11-18(15(13)6-12)33-19(22(24,25)26)16(10-31-33)21(35)32-14-7-17(23)20(28-9-14)34-29-4-5-30-34;1-2/h2-11H,1H3,(H,32,35);1-2H3. The molecule has 0 aliphatic rings. The Hall–Kier alpha value is -4.32. The van der Waals surface area contributed by atoms with Crippen LogP contribution in [-0.4, -0.2) is 40.6 Å². The molecule has 0 radical (unpaired) electrons. The van der Waals surface area contributed by atoms with E-state index in [-0.39, 0.29) is 22.2 Å². The Kier molecular flexibility index (Phi) is 7.21. The van der Waals surface area contributed by atoms with Gasteiger partial charge in [0, 0.05) is 17.0 Å². The lowest BCUT2D eigenvalue weighted by molar-refractivity contribution is -0.143. The third kappa shape index (κ3) is 5.14. The second kappa shape index (κ2) is 10.3. The fourth-order valence-corrected chi connectivity index (χ4v) is 3.81. The zero-order valence-corrected chi connectivity index (χ0v) is 20.6. The lowest BCUT2D eigenvalue weighted by Gasteiger charge is -2.14. The van der Waals surface area contributed by atoms with Crippen molar-refractivity contribution in [3.05, 3.63) is 83.3 Å². The summed E-state index contributed by atoms with van der Waals surface area (Å²) >= 11 is 6.19. The van der Waals surface area contributed by atoms with E-state index in [2.05, 4.69) is 30.6 Å². The van der Waals surface area contributed by atoms with Gasteiger partial charge in [-0.3, -0.25) is 9.78 Å². The molecule has 1 amide bonds. The van der Waals surface area contributed by atoms with E-state index in [1.165, 1.54) is 35.7 Å². The summed E-state index contributed by atoms with van der Waals surface area (Å²) in [5.74, 6) is -0.840. The number of halogens is 4. The van der Waals surface area contributed by atoms with Crippen LogP contribution < -0.4 is 5.32 Å². The largest absolute Gasteiger partial charge is 0.434 e. The fourth-order valence-electron chi connectivity index (χ4n) is 3.57. The number of amides is 1. The summed E-state index contributed by atoms with van der Waals surface area (Å²) < 4.78 is 43.2. The molecule has 0 bridgehead atoms. The molecule has 0 saturated heterocycles. The van der Waals surface area contributed by atoms with E-state index in [9.17, 15) is 18.0 Å². The fraction of sp³-hybridized carbons (Fsp3) is 0.167. The molecule has 1 aromatic carbocycles. The van der Waals surface area contributed by atoms with E-state index >= 15 is 0 Å². The van der Waals surface area contributed by atoms with Gasteiger partial charge in [0.1, 0.15) is 0 Å². The van der Waals surface area contributed by atoms with E-state index in [4.69, 9.17) is 11.6 Å². The molecule has 0 aliphatic heterocycles. The third-order valence-electron chi connectivity index (χ3n) is 5.09. The van der Waals surface area contributed by atoms with E-state index in [1.807, 2.05) is 26.8 Å². The van der Waals surface area contributed by atoms with Crippen LogP contribution in [0.5, 0.6) is 0 Å². The molecule has 13 heteroatoms. The van der Waals surface area contributed by atoms with Crippen LogP contribution in [0.25, 0.3) is 22.3 Å². The maximum absolute atomic E-state index is 14.2. The van der Waals surface area contributed by atoms with Crippen LogP contribution in [0.2, 0.25) is 5.02 Å². The summed E-state index contributed by atoms with van der Waals surface area (Å²) in [6, 6.07) is 6.65. The molecule has 190 valence electrons. The molecule has 9 nitrogen and oxygen atoms in total. The van der Waals surface area contributed by atoms with Crippen LogP contribution in [0.3, 0.4) is 0 Å². The number of aryl methyl sites for hydroxylation is 1. The highest BCUT2D eigenvalue weighted by Crippen LogP contribution is 2.35. The predicted molar refractivity (Wildman–Crippen MR) is 132 cm³/mol. The quantitative estimate of drug-likeness (QED) is 0.323. The number of nitrogens with one attached hydrogen (secondary N) is 1. The summed E-state index contributed by atoms with van der Waals surface area (Å²) in [6.45, 7) is 5.82. The number of carbonyl (C=O) groups is 1. The average molecular weight is 529 g/mol. The van der Waals surface area contributed by atoms with Crippen molar-refractivity contribution in [2.24, 2.45) is 0 Å². The van der Waals surface area contributed by atoms with Crippen LogP contribution in [0.4, 0.5) is 18.9 Å². The number of carbonyl (C=O) groups excluding carboxylic acids is 1. The minimum atomic E-state index is -4.89. The second-order valence-corrected chi connectivity index (χ2v) is 7.91. The van der Waals surface area contributed by atoms with Gasteiger partial charge in [-0.15, -0.1) is 4.80 Å². The molecule has 5 rings (SSSR count). The minimum Gasteiger partial charge on any atom is -0.320 e. The van der Waals surface area contributed by atoms with Crippen LogP contribution in [0.15, 0.2) is 61.4 Å². The first-order valence-electron chi connectivity index (χ1n) is 11.1. The molecule has 0 unspecified atom stereocenters. The van der Waals surface area contributed by atoms with Gasteiger partial charge in [0.2, 0.25) is 0 Å². The maximum atomic E-state index is 14.2. The van der Waals surface area contributed by atoms with Gasteiger partial charge in [-0.1, -0.05) is 43.1 Å². The number of hydrogen-bond donors (Lipinski definition) is 1. The molecule has 0 fully saturated rings. The number of alkyl halides is 3. The van der Waals surface area contributed by atoms with Crippen molar-refractivity contribution in [3.63, 3.8) is 0 Å². The van der Waals surface area contributed by atoms with E-state index in [0.29, 0.717) is 15.5 Å². The highest BCUT2D eigenvalue weighted by Gasteiger charge is 2.41. The summed E-state index contributed by atoms with van der Waals surface area (Å²) in [6.07, 6.45) is 2.88. The van der Waals surface area contributed by atoms with E-state index in [1.54, 1.807) is 18.3 Å². The molecule has 4 heterocycles. The van der Waals surface area contributed by atoms with Gasteiger partial charge in [0.25, 0.3) is 5.91 Å². The number of fused-ring (bicyclic) bond motifs is 1. The number of nitrogens with zero attached hydrogens (tertiary/aromatic N) is 7. The monoisotopic (exact) mass is 528 g/mol. The summed E-state index contributed by atoms with van der Waals surface area (Å²) in [5.41, 5.74) is -0.877. The Balaban J connectivity index is 0.00000156. The first-order chi connectivity index (χ1) is 17.7. The van der Waals surface area contributed by atoms with Crippen LogP contribution in [-0.2, 0) is 6.18 Å². The third-order valence-corrected chi connectivity index (χ3v) is 5.37. The van der Waals surface area contributed by atoms with Gasteiger partial charge < -0.3 is 5.32 Å². The summed E-state index contributed by atoms with van der Waals surface area (Å²) in [7, 11) is 0. The van der Waals surface area contributed by atoms with Crippen molar-refractivity contribution < 1.29 is 18.0 Å².